The van der Waals surface area contributed by atoms with Gasteiger partial charge < -0.3 is 15.2 Å². The van der Waals surface area contributed by atoms with Gasteiger partial charge in [-0.2, -0.15) is 0 Å². The van der Waals surface area contributed by atoms with E-state index in [0.29, 0.717) is 28.5 Å². The molecular weight excluding hydrogens is 516 g/mol. The fourth-order valence-electron chi connectivity index (χ4n) is 3.83. The van der Waals surface area contributed by atoms with Gasteiger partial charge in [-0.05, 0) is 31.0 Å². The van der Waals surface area contributed by atoms with Crippen LogP contribution in [0.1, 0.15) is 30.8 Å². The number of benzene rings is 2. The molecule has 0 saturated heterocycles. The third kappa shape index (κ3) is 7.16. The van der Waals surface area contributed by atoms with E-state index in [1.807, 2.05) is 13.8 Å². The predicted molar refractivity (Wildman–Crippen MR) is 140 cm³/mol. The Labute approximate surface area is 223 Å². The lowest BCUT2D eigenvalue weighted by Crippen LogP contribution is -2.33. The SMILES string of the molecule is Cc1nc(-c2cccc([N+](=O)[O-])c2)c(CC(=O)NCc2cc(Cl)ccc2OCC(=O)O)c(=O)n1CC(C)C. The first-order valence-electron chi connectivity index (χ1n) is 11.7. The minimum Gasteiger partial charge on any atom is -0.482 e. The zero-order valence-electron chi connectivity index (χ0n) is 21.1. The number of aromatic nitrogens is 2. The number of rotatable bonds is 11. The van der Waals surface area contributed by atoms with Gasteiger partial charge in [-0.15, -0.1) is 0 Å². The number of carbonyl (C=O) groups excluding carboxylic acids is 1. The molecule has 1 heterocycles. The molecule has 0 bridgehead atoms. The summed E-state index contributed by atoms with van der Waals surface area (Å²) >= 11 is 6.06. The monoisotopic (exact) mass is 542 g/mol. The van der Waals surface area contributed by atoms with Gasteiger partial charge in [0.2, 0.25) is 5.91 Å². The third-order valence-electron chi connectivity index (χ3n) is 5.52. The number of nitrogens with one attached hydrogen (secondary N) is 1. The standard InChI is InChI=1S/C26H27ClN4O7/c1-15(2)13-30-16(3)29-25(17-5-4-6-20(10-17)31(36)37)21(26(30)35)11-23(32)28-12-18-9-19(27)7-8-22(18)38-14-24(33)34/h4-10,15H,11-14H2,1-3H3,(H,28,32)(H,33,34). The highest BCUT2D eigenvalue weighted by molar-refractivity contribution is 6.30. The molecule has 0 saturated carbocycles. The molecule has 0 aliphatic carbocycles. The van der Waals surface area contributed by atoms with Gasteiger partial charge in [-0.25, -0.2) is 9.78 Å². The summed E-state index contributed by atoms with van der Waals surface area (Å²) < 4.78 is 6.76. The maximum absolute atomic E-state index is 13.5. The summed E-state index contributed by atoms with van der Waals surface area (Å²) in [5, 5.41) is 23.3. The Balaban J connectivity index is 1.95. The van der Waals surface area contributed by atoms with Crippen molar-refractivity contribution in [1.29, 1.82) is 0 Å². The van der Waals surface area contributed by atoms with Crippen molar-refractivity contribution in [3.63, 3.8) is 0 Å². The van der Waals surface area contributed by atoms with Crippen molar-refractivity contribution >= 4 is 29.2 Å². The molecule has 3 rings (SSSR count). The summed E-state index contributed by atoms with van der Waals surface area (Å²) in [6, 6.07) is 10.3. The lowest BCUT2D eigenvalue weighted by molar-refractivity contribution is -0.384. The van der Waals surface area contributed by atoms with Gasteiger partial charge in [0.1, 0.15) is 11.6 Å². The predicted octanol–water partition coefficient (Wildman–Crippen LogP) is 3.76. The Kier molecular flexibility index (Phi) is 9.19. The highest BCUT2D eigenvalue weighted by Gasteiger charge is 2.21. The highest BCUT2D eigenvalue weighted by Crippen LogP contribution is 2.26. The third-order valence-corrected chi connectivity index (χ3v) is 5.75. The van der Waals surface area contributed by atoms with E-state index in [9.17, 15) is 24.5 Å². The van der Waals surface area contributed by atoms with Crippen molar-refractivity contribution in [3.8, 4) is 17.0 Å². The van der Waals surface area contributed by atoms with Crippen LogP contribution < -0.4 is 15.6 Å². The first-order valence-corrected chi connectivity index (χ1v) is 12.1. The fourth-order valence-corrected chi connectivity index (χ4v) is 4.02. The van der Waals surface area contributed by atoms with Crippen LogP contribution in [0.5, 0.6) is 5.75 Å². The smallest absolute Gasteiger partial charge is 0.341 e. The van der Waals surface area contributed by atoms with Crippen LogP contribution in [0, 0.1) is 23.0 Å². The van der Waals surface area contributed by atoms with Crippen molar-refractivity contribution in [1.82, 2.24) is 14.9 Å². The lowest BCUT2D eigenvalue weighted by atomic mass is 10.0. The first kappa shape index (κ1) is 28.3. The van der Waals surface area contributed by atoms with E-state index in [1.54, 1.807) is 13.0 Å². The van der Waals surface area contributed by atoms with Crippen LogP contribution in [-0.4, -0.2) is 38.1 Å². The largest absolute Gasteiger partial charge is 0.482 e. The topological polar surface area (TPSA) is 154 Å². The maximum atomic E-state index is 13.5. The second-order valence-electron chi connectivity index (χ2n) is 8.99. The second-order valence-corrected chi connectivity index (χ2v) is 9.43. The van der Waals surface area contributed by atoms with E-state index in [1.165, 1.54) is 41.0 Å². The molecule has 3 aromatic rings. The van der Waals surface area contributed by atoms with E-state index in [0.717, 1.165) is 0 Å². The average molecular weight is 543 g/mol. The van der Waals surface area contributed by atoms with Crippen LogP contribution in [0.25, 0.3) is 11.3 Å². The van der Waals surface area contributed by atoms with Crippen LogP contribution in [0.15, 0.2) is 47.3 Å². The molecule has 0 radical (unpaired) electrons. The number of aliphatic carboxylic acids is 1. The van der Waals surface area contributed by atoms with Crippen molar-refractivity contribution in [3.05, 3.63) is 84.9 Å². The second kappa shape index (κ2) is 12.3. The molecule has 0 spiro atoms. The molecule has 0 atom stereocenters. The number of hydrogen-bond acceptors (Lipinski definition) is 7. The molecule has 0 unspecified atom stereocenters. The van der Waals surface area contributed by atoms with Crippen molar-refractivity contribution in [2.45, 2.75) is 40.3 Å². The van der Waals surface area contributed by atoms with E-state index < -0.39 is 29.0 Å². The van der Waals surface area contributed by atoms with Crippen LogP contribution in [0.2, 0.25) is 5.02 Å². The lowest BCUT2D eigenvalue weighted by Gasteiger charge is -2.17. The van der Waals surface area contributed by atoms with Gasteiger partial charge in [-0.3, -0.25) is 24.3 Å². The van der Waals surface area contributed by atoms with E-state index in [2.05, 4.69) is 10.3 Å². The molecule has 0 aliphatic heterocycles. The van der Waals surface area contributed by atoms with Gasteiger partial charge >= 0.3 is 5.97 Å². The van der Waals surface area contributed by atoms with E-state index in [4.69, 9.17) is 21.4 Å². The van der Waals surface area contributed by atoms with Crippen LogP contribution >= 0.6 is 11.6 Å². The molecule has 11 nitrogen and oxygen atoms in total. The molecule has 2 N–H and O–H groups in total. The summed E-state index contributed by atoms with van der Waals surface area (Å²) in [4.78, 5) is 52.7. The number of amides is 1. The zero-order valence-corrected chi connectivity index (χ0v) is 21.8. The summed E-state index contributed by atoms with van der Waals surface area (Å²) in [5.41, 5.74) is 0.514. The molecular formula is C26H27ClN4O7. The summed E-state index contributed by atoms with van der Waals surface area (Å²) in [7, 11) is 0. The molecule has 0 fully saturated rings. The van der Waals surface area contributed by atoms with Crippen molar-refractivity contribution < 1.29 is 24.4 Å². The van der Waals surface area contributed by atoms with Gasteiger partial charge in [-0.1, -0.05) is 37.6 Å². The summed E-state index contributed by atoms with van der Waals surface area (Å²) in [6.07, 6.45) is -0.339. The van der Waals surface area contributed by atoms with Crippen LogP contribution in [0.4, 0.5) is 5.69 Å². The Hall–Kier alpha value is -4.25. The molecule has 1 amide bonds. The molecule has 12 heteroatoms. The molecule has 1 aromatic heterocycles. The zero-order chi connectivity index (χ0) is 28.0. The molecule has 200 valence electrons. The average Bonchev–Trinajstić information content (AvgIpc) is 2.86. The number of ether oxygens (including phenoxy) is 1. The minimum atomic E-state index is -1.16. The van der Waals surface area contributed by atoms with Gasteiger partial charge in [0.15, 0.2) is 6.61 Å². The first-order chi connectivity index (χ1) is 18.0. The number of carbonyl (C=O) groups is 2. The quantitative estimate of drug-likeness (QED) is 0.274. The number of carboxylic acids is 1. The number of halogens is 1. The molecule has 0 aliphatic rings. The molecule has 2 aromatic carbocycles. The number of aryl methyl sites for hydroxylation is 1. The van der Waals surface area contributed by atoms with Crippen LogP contribution in [0.3, 0.4) is 0 Å². The van der Waals surface area contributed by atoms with E-state index >= 15 is 0 Å². The fraction of sp³-hybridized carbons (Fsp3) is 0.308. The van der Waals surface area contributed by atoms with Gasteiger partial charge in [0.05, 0.1) is 22.6 Å². The van der Waals surface area contributed by atoms with E-state index in [-0.39, 0.29) is 41.6 Å². The van der Waals surface area contributed by atoms with Gasteiger partial charge in [0, 0.05) is 41.4 Å². The number of nitrogens with zero attached hydrogens (tertiary/aromatic N) is 3. The Morgan fingerprint density at radius 1 is 1.24 bits per heavy atom. The maximum Gasteiger partial charge on any atom is 0.341 e. The Morgan fingerprint density at radius 2 is 1.97 bits per heavy atom. The normalized spacial score (nSPS) is 10.9. The number of carboxylic acid groups (broad SMARTS) is 1. The number of non-ortho nitro benzene ring substituents is 1. The Bertz CT molecular complexity index is 1440. The van der Waals surface area contributed by atoms with Crippen LogP contribution in [-0.2, 0) is 29.1 Å². The minimum absolute atomic E-state index is 0.0417. The Morgan fingerprint density at radius 3 is 2.63 bits per heavy atom. The number of hydrogen-bond donors (Lipinski definition) is 2. The summed E-state index contributed by atoms with van der Waals surface area (Å²) in [6.45, 7) is 5.34. The molecule has 38 heavy (non-hydrogen) atoms. The summed E-state index contributed by atoms with van der Waals surface area (Å²) in [5.74, 6) is -0.877. The highest BCUT2D eigenvalue weighted by atomic mass is 35.5. The van der Waals surface area contributed by atoms with Gasteiger partial charge in [0.25, 0.3) is 11.2 Å². The number of nitro benzene ring substituents is 1. The number of nitro groups is 1. The van der Waals surface area contributed by atoms with Crippen molar-refractivity contribution in [2.75, 3.05) is 6.61 Å². The van der Waals surface area contributed by atoms with Crippen molar-refractivity contribution in [2.24, 2.45) is 5.92 Å².